The molecule has 2 aliphatic carbocycles. The first-order valence-corrected chi connectivity index (χ1v) is 8.40. The standard InChI is InChI=1S/C16H30N2O/c19-13-16(8-2-1-3-9-16)12-17-14-6-10-18(11-7-14)15-4-5-15/h14-15,17,19H,1-13H2. The van der Waals surface area contributed by atoms with Gasteiger partial charge in [-0.05, 0) is 51.6 Å². The molecule has 3 nitrogen and oxygen atoms in total. The molecule has 0 aromatic heterocycles. The Morgan fingerprint density at radius 1 is 1.00 bits per heavy atom. The van der Waals surface area contributed by atoms with Crippen LogP contribution in [0.1, 0.15) is 57.8 Å². The van der Waals surface area contributed by atoms with Crippen molar-refractivity contribution in [1.82, 2.24) is 10.2 Å². The molecule has 3 fully saturated rings. The molecular formula is C16H30N2O. The molecule has 2 saturated carbocycles. The molecule has 0 atom stereocenters. The molecule has 0 aromatic carbocycles. The summed E-state index contributed by atoms with van der Waals surface area (Å²) in [5, 5.41) is 13.5. The van der Waals surface area contributed by atoms with Crippen molar-refractivity contribution in [2.45, 2.75) is 69.9 Å². The minimum atomic E-state index is 0.200. The molecule has 1 saturated heterocycles. The van der Waals surface area contributed by atoms with Gasteiger partial charge in [0, 0.05) is 30.7 Å². The third kappa shape index (κ3) is 3.50. The number of aliphatic hydroxyl groups is 1. The Bertz CT molecular complexity index is 276. The van der Waals surface area contributed by atoms with Crippen molar-refractivity contribution in [2.24, 2.45) is 5.41 Å². The van der Waals surface area contributed by atoms with Crippen LogP contribution in [0, 0.1) is 5.41 Å². The van der Waals surface area contributed by atoms with E-state index in [0.29, 0.717) is 12.6 Å². The summed E-state index contributed by atoms with van der Waals surface area (Å²) in [7, 11) is 0. The smallest absolute Gasteiger partial charge is 0.0499 e. The van der Waals surface area contributed by atoms with E-state index in [-0.39, 0.29) is 5.41 Å². The van der Waals surface area contributed by atoms with Gasteiger partial charge < -0.3 is 15.3 Å². The van der Waals surface area contributed by atoms with Gasteiger partial charge in [0.1, 0.15) is 0 Å². The molecule has 0 unspecified atom stereocenters. The van der Waals surface area contributed by atoms with Gasteiger partial charge in [-0.15, -0.1) is 0 Å². The summed E-state index contributed by atoms with van der Waals surface area (Å²) in [5.74, 6) is 0. The van der Waals surface area contributed by atoms with Crippen molar-refractivity contribution in [3.8, 4) is 0 Å². The summed E-state index contributed by atoms with van der Waals surface area (Å²) in [5.41, 5.74) is 0.200. The minimum absolute atomic E-state index is 0.200. The minimum Gasteiger partial charge on any atom is -0.396 e. The summed E-state index contributed by atoms with van der Waals surface area (Å²) in [6, 6.07) is 1.63. The molecule has 110 valence electrons. The van der Waals surface area contributed by atoms with Gasteiger partial charge in [-0.1, -0.05) is 19.3 Å². The van der Waals surface area contributed by atoms with E-state index >= 15 is 0 Å². The maximum Gasteiger partial charge on any atom is 0.0499 e. The highest BCUT2D eigenvalue weighted by Gasteiger charge is 2.34. The summed E-state index contributed by atoms with van der Waals surface area (Å²) in [6.07, 6.45) is 11.9. The van der Waals surface area contributed by atoms with E-state index in [9.17, 15) is 5.11 Å². The zero-order chi connectivity index (χ0) is 13.1. The zero-order valence-electron chi connectivity index (χ0n) is 12.2. The zero-order valence-corrected chi connectivity index (χ0v) is 12.2. The fraction of sp³-hybridized carbons (Fsp3) is 1.00. The molecule has 0 radical (unpaired) electrons. The Kier molecular flexibility index (Phi) is 4.45. The van der Waals surface area contributed by atoms with Crippen LogP contribution in [0.5, 0.6) is 0 Å². The number of nitrogens with zero attached hydrogens (tertiary/aromatic N) is 1. The van der Waals surface area contributed by atoms with Crippen molar-refractivity contribution < 1.29 is 5.11 Å². The molecule has 3 aliphatic rings. The van der Waals surface area contributed by atoms with Crippen molar-refractivity contribution in [1.29, 1.82) is 0 Å². The Hall–Kier alpha value is -0.120. The summed E-state index contributed by atoms with van der Waals surface area (Å²) < 4.78 is 0. The average Bonchev–Trinajstić information content (AvgIpc) is 3.31. The lowest BCUT2D eigenvalue weighted by molar-refractivity contribution is 0.0736. The summed E-state index contributed by atoms with van der Waals surface area (Å²) >= 11 is 0. The van der Waals surface area contributed by atoms with Gasteiger partial charge >= 0.3 is 0 Å². The Labute approximate surface area is 117 Å². The fourth-order valence-electron chi connectivity index (χ4n) is 3.96. The van der Waals surface area contributed by atoms with E-state index in [4.69, 9.17) is 0 Å². The third-order valence-electron chi connectivity index (χ3n) is 5.61. The van der Waals surface area contributed by atoms with E-state index in [1.54, 1.807) is 0 Å². The van der Waals surface area contributed by atoms with E-state index in [0.717, 1.165) is 12.6 Å². The molecule has 3 heteroatoms. The van der Waals surface area contributed by atoms with E-state index in [1.165, 1.54) is 70.9 Å². The molecule has 19 heavy (non-hydrogen) atoms. The lowest BCUT2D eigenvalue weighted by Gasteiger charge is -2.39. The van der Waals surface area contributed by atoms with Crippen LogP contribution in [0.3, 0.4) is 0 Å². The van der Waals surface area contributed by atoms with Crippen molar-refractivity contribution in [3.05, 3.63) is 0 Å². The maximum atomic E-state index is 9.75. The second-order valence-electron chi connectivity index (χ2n) is 7.14. The number of piperidine rings is 1. The molecule has 1 aliphatic heterocycles. The highest BCUT2D eigenvalue weighted by molar-refractivity contribution is 4.90. The van der Waals surface area contributed by atoms with E-state index in [1.807, 2.05) is 0 Å². The molecule has 0 aromatic rings. The quantitative estimate of drug-likeness (QED) is 0.800. The Morgan fingerprint density at radius 2 is 1.68 bits per heavy atom. The molecule has 0 bridgehead atoms. The first kappa shape index (κ1) is 13.8. The topological polar surface area (TPSA) is 35.5 Å². The third-order valence-corrected chi connectivity index (χ3v) is 5.61. The predicted octanol–water partition coefficient (Wildman–Crippen LogP) is 2.15. The van der Waals surface area contributed by atoms with Gasteiger partial charge in [0.05, 0.1) is 0 Å². The fourth-order valence-corrected chi connectivity index (χ4v) is 3.96. The average molecular weight is 266 g/mol. The Balaban J connectivity index is 1.41. The number of likely N-dealkylation sites (tertiary alicyclic amines) is 1. The lowest BCUT2D eigenvalue weighted by atomic mass is 9.74. The highest BCUT2D eigenvalue weighted by atomic mass is 16.3. The summed E-state index contributed by atoms with van der Waals surface area (Å²) in [6.45, 7) is 3.99. The van der Waals surface area contributed by atoms with Crippen LogP contribution in [0.25, 0.3) is 0 Å². The van der Waals surface area contributed by atoms with Crippen LogP contribution in [-0.4, -0.2) is 48.3 Å². The maximum absolute atomic E-state index is 9.75. The van der Waals surface area contributed by atoms with Crippen LogP contribution in [-0.2, 0) is 0 Å². The molecule has 0 amide bonds. The molecule has 0 spiro atoms. The first-order chi connectivity index (χ1) is 9.31. The Morgan fingerprint density at radius 3 is 2.26 bits per heavy atom. The second-order valence-corrected chi connectivity index (χ2v) is 7.14. The predicted molar refractivity (Wildman–Crippen MR) is 78.2 cm³/mol. The summed E-state index contributed by atoms with van der Waals surface area (Å²) in [4.78, 5) is 2.68. The molecule has 1 heterocycles. The number of hydrogen-bond acceptors (Lipinski definition) is 3. The van der Waals surface area contributed by atoms with Gasteiger partial charge in [-0.25, -0.2) is 0 Å². The SMILES string of the molecule is OCC1(CNC2CCN(C3CC3)CC2)CCCCC1. The van der Waals surface area contributed by atoms with Crippen LogP contribution in [0.4, 0.5) is 0 Å². The van der Waals surface area contributed by atoms with Gasteiger partial charge in [0.2, 0.25) is 0 Å². The van der Waals surface area contributed by atoms with Crippen molar-refractivity contribution in [2.75, 3.05) is 26.2 Å². The van der Waals surface area contributed by atoms with Gasteiger partial charge in [-0.3, -0.25) is 0 Å². The van der Waals surface area contributed by atoms with Gasteiger partial charge in [-0.2, -0.15) is 0 Å². The number of hydrogen-bond donors (Lipinski definition) is 2. The second kappa shape index (κ2) is 6.11. The van der Waals surface area contributed by atoms with Crippen LogP contribution in [0.2, 0.25) is 0 Å². The normalized spacial score (nSPS) is 29.5. The van der Waals surface area contributed by atoms with Gasteiger partial charge in [0.15, 0.2) is 0 Å². The van der Waals surface area contributed by atoms with Gasteiger partial charge in [0.25, 0.3) is 0 Å². The van der Waals surface area contributed by atoms with E-state index in [2.05, 4.69) is 10.2 Å². The van der Waals surface area contributed by atoms with Crippen molar-refractivity contribution >= 4 is 0 Å². The van der Waals surface area contributed by atoms with Crippen LogP contribution >= 0.6 is 0 Å². The van der Waals surface area contributed by atoms with Crippen LogP contribution in [0.15, 0.2) is 0 Å². The first-order valence-electron chi connectivity index (χ1n) is 8.40. The number of nitrogens with one attached hydrogen (secondary N) is 1. The largest absolute Gasteiger partial charge is 0.396 e. The van der Waals surface area contributed by atoms with Crippen LogP contribution < -0.4 is 5.32 Å². The van der Waals surface area contributed by atoms with Crippen molar-refractivity contribution in [3.63, 3.8) is 0 Å². The van der Waals surface area contributed by atoms with E-state index < -0.39 is 0 Å². The number of aliphatic hydroxyl groups excluding tert-OH is 1. The highest BCUT2D eigenvalue weighted by Crippen LogP contribution is 2.35. The number of rotatable bonds is 5. The molecule has 2 N–H and O–H groups in total. The molecular weight excluding hydrogens is 236 g/mol. The monoisotopic (exact) mass is 266 g/mol. The molecule has 3 rings (SSSR count). The lowest BCUT2D eigenvalue weighted by Crippen LogP contribution is -2.48.